The molecule has 1 amide bonds. The van der Waals surface area contributed by atoms with Crippen LogP contribution >= 0.6 is 23.4 Å². The maximum atomic E-state index is 11.6. The van der Waals surface area contributed by atoms with Crippen molar-refractivity contribution in [1.29, 1.82) is 0 Å². The van der Waals surface area contributed by atoms with Gasteiger partial charge in [-0.05, 0) is 30.7 Å². The second-order valence-electron chi connectivity index (χ2n) is 4.37. The number of benzene rings is 1. The number of hydrogen-bond donors (Lipinski definition) is 1. The first-order chi connectivity index (χ1) is 10.2. The highest BCUT2D eigenvalue weighted by atomic mass is 35.5. The molecule has 0 saturated heterocycles. The van der Waals surface area contributed by atoms with Crippen molar-refractivity contribution in [2.75, 3.05) is 12.3 Å². The van der Waals surface area contributed by atoms with Crippen LogP contribution in [0, 0.1) is 0 Å². The van der Waals surface area contributed by atoms with Crippen LogP contribution < -0.4 is 5.32 Å². The Balaban J connectivity index is 1.86. The molecule has 1 aromatic carbocycles. The Morgan fingerprint density at radius 1 is 1.33 bits per heavy atom. The molecule has 0 aliphatic rings. The summed E-state index contributed by atoms with van der Waals surface area (Å²) in [6.07, 6.45) is 2.04. The zero-order valence-corrected chi connectivity index (χ0v) is 13.2. The minimum atomic E-state index is -0.0281. The van der Waals surface area contributed by atoms with Crippen molar-refractivity contribution in [2.24, 2.45) is 0 Å². The zero-order chi connectivity index (χ0) is 15.1. The molecule has 5 nitrogen and oxygen atoms in total. The van der Waals surface area contributed by atoms with Gasteiger partial charge in [0.2, 0.25) is 11.8 Å². The van der Waals surface area contributed by atoms with Gasteiger partial charge in [0.05, 0.1) is 5.75 Å². The molecule has 7 heteroatoms. The number of aromatic nitrogens is 2. The van der Waals surface area contributed by atoms with Crippen molar-refractivity contribution in [3.8, 4) is 11.5 Å². The van der Waals surface area contributed by atoms with Crippen LogP contribution in [0.5, 0.6) is 0 Å². The Hall–Kier alpha value is -1.53. The summed E-state index contributed by atoms with van der Waals surface area (Å²) >= 11 is 7.05. The average Bonchev–Trinajstić information content (AvgIpc) is 2.95. The number of amides is 1. The molecule has 0 unspecified atom stereocenters. The summed E-state index contributed by atoms with van der Waals surface area (Å²) in [5.74, 6) is 0.659. The smallest absolute Gasteiger partial charge is 0.277 e. The van der Waals surface area contributed by atoms with E-state index in [-0.39, 0.29) is 11.7 Å². The van der Waals surface area contributed by atoms with Crippen molar-refractivity contribution in [3.05, 3.63) is 29.3 Å². The van der Waals surface area contributed by atoms with Gasteiger partial charge in [-0.1, -0.05) is 36.7 Å². The van der Waals surface area contributed by atoms with Gasteiger partial charge in [0, 0.05) is 17.1 Å². The van der Waals surface area contributed by atoms with E-state index in [0.29, 0.717) is 22.7 Å². The fraction of sp³-hybridized carbons (Fsp3) is 0.357. The maximum absolute atomic E-state index is 11.6. The summed E-state index contributed by atoms with van der Waals surface area (Å²) in [7, 11) is 0. The Morgan fingerprint density at radius 3 is 2.81 bits per heavy atom. The molecule has 0 saturated carbocycles. The summed E-state index contributed by atoms with van der Waals surface area (Å²) in [6, 6.07) is 7.13. The Labute approximate surface area is 132 Å². The first kappa shape index (κ1) is 15.9. The number of hydrogen-bond acceptors (Lipinski definition) is 5. The number of nitrogens with zero attached hydrogens (tertiary/aromatic N) is 2. The molecular formula is C14H16ClN3O2S. The van der Waals surface area contributed by atoms with E-state index >= 15 is 0 Å². The summed E-state index contributed by atoms with van der Waals surface area (Å²) in [6.45, 7) is 2.79. The first-order valence-electron chi connectivity index (χ1n) is 6.68. The summed E-state index contributed by atoms with van der Waals surface area (Å²) in [4.78, 5) is 11.6. The number of thioether (sulfide) groups is 1. The molecule has 0 spiro atoms. The van der Waals surface area contributed by atoms with Crippen LogP contribution in [0.3, 0.4) is 0 Å². The molecule has 0 fully saturated rings. The van der Waals surface area contributed by atoms with Gasteiger partial charge in [0.25, 0.3) is 5.22 Å². The average molecular weight is 326 g/mol. The molecule has 0 aliphatic carbocycles. The maximum Gasteiger partial charge on any atom is 0.277 e. The van der Waals surface area contributed by atoms with Crippen LogP contribution in [0.1, 0.15) is 19.8 Å². The normalized spacial score (nSPS) is 10.6. The van der Waals surface area contributed by atoms with Gasteiger partial charge in [-0.2, -0.15) is 0 Å². The molecule has 1 heterocycles. The topological polar surface area (TPSA) is 68.0 Å². The first-order valence-corrected chi connectivity index (χ1v) is 8.04. The lowest BCUT2D eigenvalue weighted by Crippen LogP contribution is -2.25. The number of carbonyl (C=O) groups is 1. The Morgan fingerprint density at radius 2 is 2.10 bits per heavy atom. The van der Waals surface area contributed by atoms with E-state index in [1.807, 2.05) is 12.1 Å². The van der Waals surface area contributed by atoms with Gasteiger partial charge < -0.3 is 9.73 Å². The van der Waals surface area contributed by atoms with Crippen LogP contribution in [0.2, 0.25) is 5.02 Å². The van der Waals surface area contributed by atoms with E-state index < -0.39 is 0 Å². The van der Waals surface area contributed by atoms with Crippen LogP contribution in [0.4, 0.5) is 0 Å². The standard InChI is InChI=1S/C14H16ClN3O2S/c1-2-3-8-16-12(19)9-21-14-18-17-13(20-14)10-4-6-11(15)7-5-10/h4-7H,2-3,8-9H2,1H3,(H,16,19). The third-order valence-electron chi connectivity index (χ3n) is 2.68. The molecule has 0 aliphatic heterocycles. The molecule has 0 radical (unpaired) electrons. The molecule has 112 valence electrons. The van der Waals surface area contributed by atoms with E-state index in [1.165, 1.54) is 11.8 Å². The van der Waals surface area contributed by atoms with Crippen molar-refractivity contribution < 1.29 is 9.21 Å². The lowest BCUT2D eigenvalue weighted by molar-refractivity contribution is -0.118. The predicted octanol–water partition coefficient (Wildman–Crippen LogP) is 3.40. The van der Waals surface area contributed by atoms with Crippen LogP contribution in [0.15, 0.2) is 33.9 Å². The third kappa shape index (κ3) is 5.06. The van der Waals surface area contributed by atoms with E-state index in [9.17, 15) is 4.79 Å². The highest BCUT2D eigenvalue weighted by Gasteiger charge is 2.10. The molecule has 21 heavy (non-hydrogen) atoms. The quantitative estimate of drug-likeness (QED) is 0.624. The SMILES string of the molecule is CCCCNC(=O)CSc1nnc(-c2ccc(Cl)cc2)o1. The lowest BCUT2D eigenvalue weighted by atomic mass is 10.2. The van der Waals surface area contributed by atoms with E-state index in [2.05, 4.69) is 22.4 Å². The van der Waals surface area contributed by atoms with Gasteiger partial charge in [-0.25, -0.2) is 0 Å². The highest BCUT2D eigenvalue weighted by molar-refractivity contribution is 7.99. The fourth-order valence-electron chi connectivity index (χ4n) is 1.56. The van der Waals surface area contributed by atoms with Gasteiger partial charge >= 0.3 is 0 Å². The molecule has 2 rings (SSSR count). The second-order valence-corrected chi connectivity index (χ2v) is 5.74. The van der Waals surface area contributed by atoms with Crippen LogP contribution in [-0.4, -0.2) is 28.4 Å². The lowest BCUT2D eigenvalue weighted by Gasteiger charge is -2.01. The molecule has 0 atom stereocenters. The Bertz CT molecular complexity index is 586. The summed E-state index contributed by atoms with van der Waals surface area (Å²) in [5, 5.41) is 11.7. The van der Waals surface area contributed by atoms with E-state index in [0.717, 1.165) is 18.4 Å². The molecule has 1 N–H and O–H groups in total. The summed E-state index contributed by atoms with van der Waals surface area (Å²) in [5.41, 5.74) is 0.797. The number of unbranched alkanes of at least 4 members (excludes halogenated alkanes) is 1. The number of halogens is 1. The number of carbonyl (C=O) groups excluding carboxylic acids is 1. The second kappa shape index (κ2) is 8.05. The zero-order valence-electron chi connectivity index (χ0n) is 11.6. The van der Waals surface area contributed by atoms with Crippen molar-refractivity contribution >= 4 is 29.3 Å². The monoisotopic (exact) mass is 325 g/mol. The van der Waals surface area contributed by atoms with Gasteiger partial charge in [0.15, 0.2) is 0 Å². The molecular weight excluding hydrogens is 310 g/mol. The van der Waals surface area contributed by atoms with Crippen LogP contribution in [-0.2, 0) is 4.79 Å². The van der Waals surface area contributed by atoms with E-state index in [4.69, 9.17) is 16.0 Å². The van der Waals surface area contributed by atoms with Crippen molar-refractivity contribution in [2.45, 2.75) is 25.0 Å². The van der Waals surface area contributed by atoms with Crippen molar-refractivity contribution in [3.63, 3.8) is 0 Å². The van der Waals surface area contributed by atoms with E-state index in [1.54, 1.807) is 12.1 Å². The van der Waals surface area contributed by atoms with Crippen LogP contribution in [0.25, 0.3) is 11.5 Å². The molecule has 1 aromatic heterocycles. The summed E-state index contributed by atoms with van der Waals surface area (Å²) < 4.78 is 5.50. The number of rotatable bonds is 7. The Kier molecular flexibility index (Phi) is 6.07. The molecule has 2 aromatic rings. The third-order valence-corrected chi connectivity index (χ3v) is 3.75. The largest absolute Gasteiger partial charge is 0.411 e. The number of nitrogens with one attached hydrogen (secondary N) is 1. The van der Waals surface area contributed by atoms with Crippen molar-refractivity contribution in [1.82, 2.24) is 15.5 Å². The predicted molar refractivity (Wildman–Crippen MR) is 83.4 cm³/mol. The molecule has 0 bridgehead atoms. The minimum Gasteiger partial charge on any atom is -0.411 e. The van der Waals surface area contributed by atoms with Gasteiger partial charge in [-0.15, -0.1) is 10.2 Å². The minimum absolute atomic E-state index is 0.0281. The van der Waals surface area contributed by atoms with Gasteiger partial charge in [0.1, 0.15) is 0 Å². The highest BCUT2D eigenvalue weighted by Crippen LogP contribution is 2.24. The fourth-order valence-corrected chi connectivity index (χ4v) is 2.28. The van der Waals surface area contributed by atoms with Gasteiger partial charge in [-0.3, -0.25) is 4.79 Å².